The first kappa shape index (κ1) is 12.4. The maximum atomic E-state index is 11.6. The number of morpholine rings is 1. The molecular weight excluding hydrogens is 236 g/mol. The largest absolute Gasteiger partial charge is 0.496 e. The Kier molecular flexibility index (Phi) is 3.47. The Hall–Kier alpha value is -2.08. The average molecular weight is 250 g/mol. The molecule has 1 aromatic carbocycles. The highest BCUT2D eigenvalue weighted by molar-refractivity contribution is 5.98. The minimum absolute atomic E-state index is 0.0730. The van der Waals surface area contributed by atoms with E-state index in [9.17, 15) is 9.59 Å². The molecule has 0 saturated carbocycles. The van der Waals surface area contributed by atoms with E-state index >= 15 is 0 Å². The summed E-state index contributed by atoms with van der Waals surface area (Å²) in [6, 6.07) is 5.10. The van der Waals surface area contributed by atoms with Crippen molar-refractivity contribution in [1.82, 2.24) is 4.90 Å². The van der Waals surface area contributed by atoms with Crippen molar-refractivity contribution in [1.29, 1.82) is 0 Å². The van der Waals surface area contributed by atoms with Gasteiger partial charge in [-0.2, -0.15) is 0 Å². The fourth-order valence-electron chi connectivity index (χ4n) is 1.79. The normalized spacial score (nSPS) is 15.9. The van der Waals surface area contributed by atoms with Gasteiger partial charge in [0.15, 0.2) is 0 Å². The monoisotopic (exact) mass is 250 g/mol. The zero-order chi connectivity index (χ0) is 13.1. The lowest BCUT2D eigenvalue weighted by Crippen LogP contribution is -2.45. The second-order valence-corrected chi connectivity index (χ2v) is 3.94. The van der Waals surface area contributed by atoms with Crippen molar-refractivity contribution in [3.05, 3.63) is 23.8 Å². The van der Waals surface area contributed by atoms with E-state index in [-0.39, 0.29) is 31.6 Å². The third-order valence-electron chi connectivity index (χ3n) is 2.69. The van der Waals surface area contributed by atoms with E-state index in [2.05, 4.69) is 0 Å². The first-order chi connectivity index (χ1) is 8.61. The summed E-state index contributed by atoms with van der Waals surface area (Å²) in [6.07, 6.45) is 0. The molecule has 2 rings (SSSR count). The molecule has 6 heteroatoms. The zero-order valence-corrected chi connectivity index (χ0v) is 10.0. The Morgan fingerprint density at radius 3 is 2.61 bits per heavy atom. The average Bonchev–Trinajstić information content (AvgIpc) is 2.34. The fraction of sp³-hybridized carbons (Fsp3) is 0.333. The first-order valence-corrected chi connectivity index (χ1v) is 5.45. The molecule has 0 bridgehead atoms. The van der Waals surface area contributed by atoms with Gasteiger partial charge >= 0.3 is 0 Å². The fourth-order valence-corrected chi connectivity index (χ4v) is 1.79. The van der Waals surface area contributed by atoms with E-state index in [0.717, 1.165) is 4.90 Å². The van der Waals surface area contributed by atoms with Gasteiger partial charge in [0, 0.05) is 11.3 Å². The molecule has 0 aliphatic carbocycles. The molecule has 2 N–H and O–H groups in total. The molecule has 96 valence electrons. The number of hydrogen-bond donors (Lipinski definition) is 1. The summed E-state index contributed by atoms with van der Waals surface area (Å²) in [5, 5.41) is 0. The number of methoxy groups -OCH3 is 1. The molecule has 1 aliphatic rings. The van der Waals surface area contributed by atoms with Gasteiger partial charge in [0.2, 0.25) is 0 Å². The van der Waals surface area contributed by atoms with Crippen LogP contribution < -0.4 is 10.5 Å². The summed E-state index contributed by atoms with van der Waals surface area (Å²) in [4.78, 5) is 24.4. The minimum Gasteiger partial charge on any atom is -0.496 e. The molecule has 1 fully saturated rings. The van der Waals surface area contributed by atoms with Gasteiger partial charge in [-0.3, -0.25) is 14.5 Å². The zero-order valence-electron chi connectivity index (χ0n) is 10.0. The van der Waals surface area contributed by atoms with E-state index in [1.165, 1.54) is 7.11 Å². The van der Waals surface area contributed by atoms with Crippen molar-refractivity contribution < 1.29 is 19.1 Å². The number of anilines is 1. The number of imide groups is 1. The predicted octanol–water partition coefficient (Wildman–Crippen LogP) is 0.163. The Labute approximate surface area is 104 Å². The Morgan fingerprint density at radius 1 is 1.33 bits per heavy atom. The van der Waals surface area contributed by atoms with Crippen LogP contribution in [0.2, 0.25) is 0 Å². The van der Waals surface area contributed by atoms with E-state index in [4.69, 9.17) is 15.2 Å². The number of hydrogen-bond acceptors (Lipinski definition) is 5. The van der Waals surface area contributed by atoms with Crippen LogP contribution in [0.3, 0.4) is 0 Å². The van der Waals surface area contributed by atoms with Crippen LogP contribution in [0.25, 0.3) is 0 Å². The van der Waals surface area contributed by atoms with E-state index in [1.807, 2.05) is 0 Å². The van der Waals surface area contributed by atoms with Crippen LogP contribution in [0.1, 0.15) is 5.56 Å². The van der Waals surface area contributed by atoms with Crippen LogP contribution in [-0.4, -0.2) is 37.0 Å². The quantitative estimate of drug-likeness (QED) is 0.610. The molecule has 0 radical (unpaired) electrons. The summed E-state index contributed by atoms with van der Waals surface area (Å²) in [7, 11) is 1.53. The van der Waals surface area contributed by atoms with E-state index in [1.54, 1.807) is 18.2 Å². The number of carbonyl (C=O) groups is 2. The molecule has 0 spiro atoms. The number of carbonyl (C=O) groups excluding carboxylic acids is 2. The third kappa shape index (κ3) is 2.43. The first-order valence-electron chi connectivity index (χ1n) is 5.45. The summed E-state index contributed by atoms with van der Waals surface area (Å²) < 4.78 is 10.0. The van der Waals surface area contributed by atoms with Crippen molar-refractivity contribution in [2.24, 2.45) is 0 Å². The lowest BCUT2D eigenvalue weighted by atomic mass is 10.1. The predicted molar refractivity (Wildman–Crippen MR) is 63.8 cm³/mol. The molecule has 1 saturated heterocycles. The van der Waals surface area contributed by atoms with Gasteiger partial charge in [-0.25, -0.2) is 0 Å². The number of amides is 2. The molecule has 6 nitrogen and oxygen atoms in total. The molecule has 0 unspecified atom stereocenters. The molecule has 1 aliphatic heterocycles. The van der Waals surface area contributed by atoms with Crippen molar-refractivity contribution in [3.63, 3.8) is 0 Å². The van der Waals surface area contributed by atoms with Crippen molar-refractivity contribution in [2.75, 3.05) is 26.1 Å². The van der Waals surface area contributed by atoms with Gasteiger partial charge in [0.1, 0.15) is 19.0 Å². The maximum Gasteiger partial charge on any atom is 0.255 e. The number of benzene rings is 1. The second-order valence-electron chi connectivity index (χ2n) is 3.94. The number of nitrogens with two attached hydrogens (primary N) is 1. The van der Waals surface area contributed by atoms with Crippen molar-refractivity contribution in [2.45, 2.75) is 6.54 Å². The van der Waals surface area contributed by atoms with Gasteiger partial charge in [0.05, 0.1) is 13.7 Å². The van der Waals surface area contributed by atoms with Gasteiger partial charge < -0.3 is 15.2 Å². The topological polar surface area (TPSA) is 81.9 Å². The van der Waals surface area contributed by atoms with Crippen LogP contribution >= 0.6 is 0 Å². The van der Waals surface area contributed by atoms with Gasteiger partial charge in [0.25, 0.3) is 11.8 Å². The molecule has 18 heavy (non-hydrogen) atoms. The van der Waals surface area contributed by atoms with Gasteiger partial charge in [-0.15, -0.1) is 0 Å². The summed E-state index contributed by atoms with van der Waals surface area (Å²) in [6.45, 7) is 0.00197. The second kappa shape index (κ2) is 5.05. The van der Waals surface area contributed by atoms with Crippen LogP contribution in [0, 0.1) is 0 Å². The molecule has 2 amide bonds. The number of nitrogens with zero attached hydrogens (tertiary/aromatic N) is 1. The third-order valence-corrected chi connectivity index (χ3v) is 2.69. The molecule has 0 aromatic heterocycles. The highest BCUT2D eigenvalue weighted by Gasteiger charge is 2.27. The Balaban J connectivity index is 2.24. The van der Waals surface area contributed by atoms with E-state index < -0.39 is 0 Å². The van der Waals surface area contributed by atoms with Gasteiger partial charge in [-0.05, 0) is 18.2 Å². The van der Waals surface area contributed by atoms with Crippen LogP contribution in [0.5, 0.6) is 5.75 Å². The lowest BCUT2D eigenvalue weighted by molar-refractivity contribution is -0.159. The van der Waals surface area contributed by atoms with Gasteiger partial charge in [-0.1, -0.05) is 0 Å². The standard InChI is InChI=1S/C12H14N2O4/c1-17-10-3-2-9(13)4-8(10)5-14-11(15)6-18-7-12(14)16/h2-4H,5-7,13H2,1H3. The number of nitrogen functional groups attached to an aromatic ring is 1. The van der Waals surface area contributed by atoms with Crippen molar-refractivity contribution in [3.8, 4) is 5.75 Å². The van der Waals surface area contributed by atoms with Crippen LogP contribution in [-0.2, 0) is 20.9 Å². The molecule has 1 aromatic rings. The molecular formula is C12H14N2O4. The SMILES string of the molecule is COc1ccc(N)cc1CN1C(=O)COCC1=O. The van der Waals surface area contributed by atoms with Crippen molar-refractivity contribution >= 4 is 17.5 Å². The maximum absolute atomic E-state index is 11.6. The highest BCUT2D eigenvalue weighted by Crippen LogP contribution is 2.23. The molecule has 0 atom stereocenters. The number of rotatable bonds is 3. The lowest BCUT2D eigenvalue weighted by Gasteiger charge is -2.25. The van der Waals surface area contributed by atoms with E-state index in [0.29, 0.717) is 17.0 Å². The smallest absolute Gasteiger partial charge is 0.255 e. The summed E-state index contributed by atoms with van der Waals surface area (Å²) >= 11 is 0. The summed E-state index contributed by atoms with van der Waals surface area (Å²) in [5.41, 5.74) is 6.94. The highest BCUT2D eigenvalue weighted by atomic mass is 16.5. The van der Waals surface area contributed by atoms with Crippen LogP contribution in [0.15, 0.2) is 18.2 Å². The summed E-state index contributed by atoms with van der Waals surface area (Å²) in [5.74, 6) is -0.109. The number of ether oxygens (including phenoxy) is 2. The Morgan fingerprint density at radius 2 is 2.00 bits per heavy atom. The molecule has 1 heterocycles. The Bertz CT molecular complexity index is 471. The minimum atomic E-state index is -0.351. The van der Waals surface area contributed by atoms with Crippen LogP contribution in [0.4, 0.5) is 5.69 Å².